The second-order valence-electron chi connectivity index (χ2n) is 13.1. The Morgan fingerprint density at radius 1 is 0.396 bits per heavy atom. The predicted molar refractivity (Wildman–Crippen MR) is 218 cm³/mol. The Balaban J connectivity index is 1.22. The topological polar surface area (TPSA) is 42.4 Å². The molecule has 0 unspecified atom stereocenters. The van der Waals surface area contributed by atoms with E-state index in [1.54, 1.807) is 0 Å². The summed E-state index contributed by atoms with van der Waals surface area (Å²) < 4.78 is 13.4. The molecule has 10 rings (SSSR count). The van der Waals surface area contributed by atoms with E-state index in [0.717, 1.165) is 66.8 Å². The summed E-state index contributed by atoms with van der Waals surface area (Å²) in [7, 11) is 0. The molecule has 2 heterocycles. The Kier molecular flexibility index (Phi) is 7.43. The number of fused-ring (bicyclic) bond motifs is 5. The Labute approximate surface area is 306 Å². The first-order chi connectivity index (χ1) is 26.3. The molecule has 0 aliphatic carbocycles. The van der Waals surface area contributed by atoms with Gasteiger partial charge in [0.1, 0.15) is 11.1 Å². The van der Waals surface area contributed by atoms with E-state index in [4.69, 9.17) is 13.8 Å². The summed E-state index contributed by atoms with van der Waals surface area (Å²) in [5, 5.41) is 1.92. The number of oxazole rings is 1. The summed E-state index contributed by atoms with van der Waals surface area (Å²) in [6.45, 7) is 0. The van der Waals surface area contributed by atoms with E-state index >= 15 is 0 Å². The van der Waals surface area contributed by atoms with Crippen LogP contribution in [0.5, 0.6) is 0 Å². The minimum atomic E-state index is 0.571. The fourth-order valence-electron chi connectivity index (χ4n) is 7.36. The lowest BCUT2D eigenvalue weighted by molar-refractivity contribution is 0.619. The van der Waals surface area contributed by atoms with Crippen LogP contribution in [-0.2, 0) is 0 Å². The number of hydrogen-bond acceptors (Lipinski definition) is 4. The van der Waals surface area contributed by atoms with Gasteiger partial charge in [-0.15, -0.1) is 0 Å². The molecule has 0 aliphatic heterocycles. The van der Waals surface area contributed by atoms with Crippen molar-refractivity contribution in [3.05, 3.63) is 194 Å². The lowest BCUT2D eigenvalue weighted by Gasteiger charge is -2.28. The number of benzene rings is 8. The van der Waals surface area contributed by atoms with Crippen LogP contribution >= 0.6 is 0 Å². The van der Waals surface area contributed by atoms with Crippen LogP contribution < -0.4 is 4.90 Å². The Hall–Kier alpha value is -7.17. The Morgan fingerprint density at radius 3 is 1.60 bits per heavy atom. The fraction of sp³-hybridized carbons (Fsp3) is 0. The second kappa shape index (κ2) is 12.9. The van der Waals surface area contributed by atoms with Gasteiger partial charge in [-0.2, -0.15) is 0 Å². The Morgan fingerprint density at radius 2 is 0.925 bits per heavy atom. The standard InChI is InChI=1S/C49H32N2O2/c1-4-14-33(15-5-1)35-24-26-37(27-25-35)40-20-10-12-22-42(40)51(39-30-28-36(29-31-39)34-16-6-2-7-17-34)43-32-45-47(50-49(53-45)38-18-8-3-9-19-38)46-41-21-11-13-23-44(41)52-48(43)46/h1-32H. The van der Waals surface area contributed by atoms with E-state index in [0.29, 0.717) is 11.5 Å². The maximum atomic E-state index is 6.81. The average Bonchev–Trinajstić information content (AvgIpc) is 3.85. The number of hydrogen-bond donors (Lipinski definition) is 0. The molecule has 0 fully saturated rings. The van der Waals surface area contributed by atoms with E-state index < -0.39 is 0 Å². The minimum absolute atomic E-state index is 0.571. The summed E-state index contributed by atoms with van der Waals surface area (Å²) in [6.07, 6.45) is 0. The van der Waals surface area contributed by atoms with Gasteiger partial charge in [-0.25, -0.2) is 4.98 Å². The van der Waals surface area contributed by atoms with Gasteiger partial charge in [0.05, 0.1) is 16.8 Å². The third-order valence-electron chi connectivity index (χ3n) is 9.93. The van der Waals surface area contributed by atoms with Gasteiger partial charge in [0, 0.05) is 28.3 Å². The van der Waals surface area contributed by atoms with E-state index in [1.165, 1.54) is 16.7 Å². The predicted octanol–water partition coefficient (Wildman–Crippen LogP) is 13.9. The smallest absolute Gasteiger partial charge is 0.227 e. The van der Waals surface area contributed by atoms with Crippen molar-refractivity contribution in [3.8, 4) is 44.8 Å². The van der Waals surface area contributed by atoms with Crippen molar-refractivity contribution < 1.29 is 8.83 Å². The molecule has 0 spiro atoms. The minimum Gasteiger partial charge on any atom is -0.454 e. The van der Waals surface area contributed by atoms with Crippen LogP contribution in [0.25, 0.3) is 77.9 Å². The maximum Gasteiger partial charge on any atom is 0.227 e. The number of furan rings is 1. The largest absolute Gasteiger partial charge is 0.454 e. The summed E-state index contributed by atoms with van der Waals surface area (Å²) >= 11 is 0. The third-order valence-corrected chi connectivity index (χ3v) is 9.93. The van der Waals surface area contributed by atoms with Crippen molar-refractivity contribution in [1.29, 1.82) is 0 Å². The Bertz CT molecular complexity index is 2860. The van der Waals surface area contributed by atoms with Gasteiger partial charge in [0.25, 0.3) is 0 Å². The maximum absolute atomic E-state index is 6.81. The van der Waals surface area contributed by atoms with Crippen molar-refractivity contribution in [2.45, 2.75) is 0 Å². The summed E-state index contributed by atoms with van der Waals surface area (Å²) in [6, 6.07) is 67.4. The lowest BCUT2D eigenvalue weighted by atomic mass is 9.98. The van der Waals surface area contributed by atoms with Crippen LogP contribution in [0.2, 0.25) is 0 Å². The molecule has 0 N–H and O–H groups in total. The van der Waals surface area contributed by atoms with Gasteiger partial charge < -0.3 is 13.7 Å². The van der Waals surface area contributed by atoms with Crippen LogP contribution in [0, 0.1) is 0 Å². The normalized spacial score (nSPS) is 11.4. The van der Waals surface area contributed by atoms with E-state index in [2.05, 4.69) is 138 Å². The van der Waals surface area contributed by atoms with Crippen LogP contribution in [0.3, 0.4) is 0 Å². The van der Waals surface area contributed by atoms with Crippen molar-refractivity contribution in [2.75, 3.05) is 4.90 Å². The van der Waals surface area contributed by atoms with Gasteiger partial charge in [-0.1, -0.05) is 152 Å². The lowest BCUT2D eigenvalue weighted by Crippen LogP contribution is -2.11. The first kappa shape index (κ1) is 30.6. The highest BCUT2D eigenvalue weighted by Crippen LogP contribution is 2.48. The van der Waals surface area contributed by atoms with Crippen LogP contribution in [0.15, 0.2) is 203 Å². The van der Waals surface area contributed by atoms with Crippen LogP contribution in [-0.4, -0.2) is 4.98 Å². The molecule has 53 heavy (non-hydrogen) atoms. The fourth-order valence-corrected chi connectivity index (χ4v) is 7.36. The highest BCUT2D eigenvalue weighted by Gasteiger charge is 2.26. The molecule has 4 heteroatoms. The first-order valence-electron chi connectivity index (χ1n) is 17.8. The number of para-hydroxylation sites is 2. The number of aromatic nitrogens is 1. The van der Waals surface area contributed by atoms with Gasteiger partial charge in [0.2, 0.25) is 5.89 Å². The number of nitrogens with zero attached hydrogens (tertiary/aromatic N) is 2. The molecular weight excluding hydrogens is 649 g/mol. The molecule has 4 nitrogen and oxygen atoms in total. The zero-order chi connectivity index (χ0) is 35.1. The first-order valence-corrected chi connectivity index (χ1v) is 17.8. The molecule has 0 bridgehead atoms. The van der Waals surface area contributed by atoms with Crippen molar-refractivity contribution >= 4 is 50.1 Å². The van der Waals surface area contributed by atoms with Crippen molar-refractivity contribution in [2.24, 2.45) is 0 Å². The molecule has 0 atom stereocenters. The summed E-state index contributed by atoms with van der Waals surface area (Å²) in [5.74, 6) is 0.571. The number of rotatable bonds is 7. The van der Waals surface area contributed by atoms with Gasteiger partial charge in [-0.3, -0.25) is 0 Å². The molecule has 0 saturated heterocycles. The van der Waals surface area contributed by atoms with E-state index in [-0.39, 0.29) is 0 Å². The average molecular weight is 681 g/mol. The molecule has 10 aromatic rings. The van der Waals surface area contributed by atoms with Gasteiger partial charge in [-0.05, 0) is 64.2 Å². The van der Waals surface area contributed by atoms with Crippen LogP contribution in [0.4, 0.5) is 17.1 Å². The number of anilines is 3. The van der Waals surface area contributed by atoms with Gasteiger partial charge >= 0.3 is 0 Å². The second-order valence-corrected chi connectivity index (χ2v) is 13.1. The molecule has 0 radical (unpaired) electrons. The van der Waals surface area contributed by atoms with Crippen molar-refractivity contribution in [1.82, 2.24) is 4.98 Å². The third kappa shape index (κ3) is 5.45. The molecule has 250 valence electrons. The van der Waals surface area contributed by atoms with Crippen molar-refractivity contribution in [3.63, 3.8) is 0 Å². The molecule has 8 aromatic carbocycles. The zero-order valence-electron chi connectivity index (χ0n) is 28.7. The molecular formula is C49H32N2O2. The summed E-state index contributed by atoms with van der Waals surface area (Å²) in [5.41, 5.74) is 13.7. The monoisotopic (exact) mass is 680 g/mol. The molecule has 0 amide bonds. The molecule has 2 aromatic heterocycles. The molecule has 0 saturated carbocycles. The van der Waals surface area contributed by atoms with Gasteiger partial charge in [0.15, 0.2) is 11.2 Å². The van der Waals surface area contributed by atoms with E-state index in [1.807, 2.05) is 60.7 Å². The highest BCUT2D eigenvalue weighted by atomic mass is 16.4. The van der Waals surface area contributed by atoms with Crippen LogP contribution in [0.1, 0.15) is 0 Å². The SMILES string of the molecule is c1ccc(-c2ccc(-c3ccccc3N(c3ccc(-c4ccccc4)cc3)c3cc4oc(-c5ccccc5)nc4c4c3oc3ccccc34)cc2)cc1. The zero-order valence-corrected chi connectivity index (χ0v) is 28.7. The van der Waals surface area contributed by atoms with E-state index in [9.17, 15) is 0 Å². The quantitative estimate of drug-likeness (QED) is 0.168. The summed E-state index contributed by atoms with van der Waals surface area (Å²) in [4.78, 5) is 7.37. The molecule has 0 aliphatic rings. The highest BCUT2D eigenvalue weighted by molar-refractivity contribution is 6.21.